The molecule has 0 unspecified atom stereocenters. The van der Waals surface area contributed by atoms with Crippen LogP contribution in [-0.4, -0.2) is 12.5 Å². The number of amides is 1. The van der Waals surface area contributed by atoms with Crippen LogP contribution in [0, 0.1) is 5.92 Å². The molecule has 2 N–H and O–H groups in total. The summed E-state index contributed by atoms with van der Waals surface area (Å²) in [7, 11) is 0. The second-order valence-corrected chi connectivity index (χ2v) is 4.50. The first-order valence-electron chi connectivity index (χ1n) is 5.76. The molecule has 3 heteroatoms. The fraction of sp³-hybridized carbons (Fsp3) is 0.750. The van der Waals surface area contributed by atoms with Crippen molar-refractivity contribution in [2.45, 2.75) is 46.0 Å². The van der Waals surface area contributed by atoms with E-state index in [0.29, 0.717) is 18.1 Å². The van der Waals surface area contributed by atoms with Crippen LogP contribution in [0.3, 0.4) is 0 Å². The summed E-state index contributed by atoms with van der Waals surface area (Å²) in [5.41, 5.74) is 6.03. The molecule has 0 aliphatic heterocycles. The Morgan fingerprint density at radius 1 is 1.40 bits per heavy atom. The number of hydrogen-bond acceptors (Lipinski definition) is 2. The average Bonchev–Trinajstić information content (AvgIpc) is 2.17. The molecule has 86 valence electrons. The van der Waals surface area contributed by atoms with Crippen molar-refractivity contribution >= 4 is 5.91 Å². The smallest absolute Gasteiger partial charge is 0.248 e. The topological polar surface area (TPSA) is 52.3 Å². The van der Waals surface area contributed by atoms with Gasteiger partial charge in [-0.15, -0.1) is 0 Å². The van der Waals surface area contributed by atoms with Crippen LogP contribution in [0.5, 0.6) is 0 Å². The molecule has 1 aliphatic rings. The molecular formula is C12H21NO2. The highest BCUT2D eigenvalue weighted by Gasteiger charge is 2.18. The van der Waals surface area contributed by atoms with Crippen molar-refractivity contribution in [1.82, 2.24) is 0 Å². The van der Waals surface area contributed by atoms with Crippen molar-refractivity contribution in [3.8, 4) is 0 Å². The number of nitrogens with two attached hydrogens (primary N) is 1. The third-order valence-electron chi connectivity index (χ3n) is 2.69. The molecule has 0 aromatic carbocycles. The van der Waals surface area contributed by atoms with Gasteiger partial charge < -0.3 is 10.5 Å². The molecule has 0 heterocycles. The predicted molar refractivity (Wildman–Crippen MR) is 60.1 cm³/mol. The average molecular weight is 211 g/mol. The molecule has 1 amide bonds. The normalized spacial score (nSPS) is 17.0. The van der Waals surface area contributed by atoms with E-state index in [1.54, 1.807) is 0 Å². The fourth-order valence-corrected chi connectivity index (χ4v) is 1.72. The molecule has 0 fully saturated rings. The third kappa shape index (κ3) is 3.94. The minimum absolute atomic E-state index is 0.311. The van der Waals surface area contributed by atoms with E-state index in [4.69, 9.17) is 10.5 Å². The van der Waals surface area contributed by atoms with Crippen molar-refractivity contribution in [3.63, 3.8) is 0 Å². The number of carbonyl (C=O) groups excluding carboxylic acids is 1. The van der Waals surface area contributed by atoms with Crippen molar-refractivity contribution in [3.05, 3.63) is 11.3 Å². The van der Waals surface area contributed by atoms with E-state index in [2.05, 4.69) is 13.8 Å². The number of rotatable bonds is 5. The lowest BCUT2D eigenvalue weighted by Gasteiger charge is -2.19. The lowest BCUT2D eigenvalue weighted by atomic mass is 9.97. The molecule has 0 saturated carbocycles. The van der Waals surface area contributed by atoms with Crippen molar-refractivity contribution in [2.24, 2.45) is 11.7 Å². The van der Waals surface area contributed by atoms with E-state index >= 15 is 0 Å². The zero-order valence-electron chi connectivity index (χ0n) is 9.71. The highest BCUT2D eigenvalue weighted by Crippen LogP contribution is 2.25. The van der Waals surface area contributed by atoms with E-state index in [0.717, 1.165) is 37.9 Å². The van der Waals surface area contributed by atoms with Crippen LogP contribution in [-0.2, 0) is 9.53 Å². The number of hydrogen-bond donors (Lipinski definition) is 1. The van der Waals surface area contributed by atoms with Gasteiger partial charge in [-0.1, -0.05) is 13.8 Å². The van der Waals surface area contributed by atoms with Crippen LogP contribution in [0.15, 0.2) is 11.3 Å². The van der Waals surface area contributed by atoms with Gasteiger partial charge in [0.25, 0.3) is 0 Å². The first kappa shape index (κ1) is 12.1. The molecule has 1 rings (SSSR count). The van der Waals surface area contributed by atoms with Gasteiger partial charge in [-0.2, -0.15) is 0 Å². The summed E-state index contributed by atoms with van der Waals surface area (Å²) in [5, 5.41) is 0. The molecule has 0 bridgehead atoms. The van der Waals surface area contributed by atoms with Crippen LogP contribution >= 0.6 is 0 Å². The Balaban J connectivity index is 2.51. The molecule has 3 nitrogen and oxygen atoms in total. The predicted octanol–water partition coefficient (Wildman–Crippen LogP) is 2.36. The highest BCUT2D eigenvalue weighted by molar-refractivity contribution is 5.92. The number of primary amides is 1. The maximum atomic E-state index is 11.1. The van der Waals surface area contributed by atoms with E-state index in [-0.39, 0.29) is 5.91 Å². The van der Waals surface area contributed by atoms with Gasteiger partial charge in [0.05, 0.1) is 12.2 Å². The number of ether oxygens (including phenoxy) is 1. The molecule has 0 radical (unpaired) electrons. The highest BCUT2D eigenvalue weighted by atomic mass is 16.5. The van der Waals surface area contributed by atoms with E-state index in [1.807, 2.05) is 0 Å². The summed E-state index contributed by atoms with van der Waals surface area (Å²) in [6, 6.07) is 0. The van der Waals surface area contributed by atoms with Crippen LogP contribution < -0.4 is 5.73 Å². The molecule has 0 aromatic heterocycles. The van der Waals surface area contributed by atoms with Crippen molar-refractivity contribution in [1.29, 1.82) is 0 Å². The van der Waals surface area contributed by atoms with Gasteiger partial charge in [0.1, 0.15) is 5.76 Å². The largest absolute Gasteiger partial charge is 0.497 e. The van der Waals surface area contributed by atoms with E-state index < -0.39 is 0 Å². The Kier molecular flexibility index (Phi) is 4.66. The monoisotopic (exact) mass is 211 g/mol. The van der Waals surface area contributed by atoms with Gasteiger partial charge in [0.15, 0.2) is 0 Å². The number of allylic oxidation sites excluding steroid dienone is 1. The lowest BCUT2D eigenvalue weighted by molar-refractivity contribution is -0.115. The zero-order valence-corrected chi connectivity index (χ0v) is 9.71. The third-order valence-corrected chi connectivity index (χ3v) is 2.69. The van der Waals surface area contributed by atoms with Gasteiger partial charge in [-0.25, -0.2) is 0 Å². The molecule has 15 heavy (non-hydrogen) atoms. The molecule has 1 aliphatic carbocycles. The summed E-state index contributed by atoms with van der Waals surface area (Å²) in [4.78, 5) is 11.1. The maximum absolute atomic E-state index is 11.1. The standard InChI is InChI=1S/C12H21NO2/c1-9(2)7-8-15-11-6-4-3-5-10(11)12(13)14/h9H,3-8H2,1-2H3,(H2,13,14). The van der Waals surface area contributed by atoms with Crippen molar-refractivity contribution < 1.29 is 9.53 Å². The molecule has 0 atom stereocenters. The van der Waals surface area contributed by atoms with Gasteiger partial charge in [0, 0.05) is 6.42 Å². The fourth-order valence-electron chi connectivity index (χ4n) is 1.72. The second kappa shape index (κ2) is 5.79. The van der Waals surface area contributed by atoms with Crippen LogP contribution in [0.2, 0.25) is 0 Å². The van der Waals surface area contributed by atoms with Gasteiger partial charge in [-0.05, 0) is 31.6 Å². The Hall–Kier alpha value is -0.990. The summed E-state index contributed by atoms with van der Waals surface area (Å²) < 4.78 is 5.65. The maximum Gasteiger partial charge on any atom is 0.248 e. The molecule has 0 saturated heterocycles. The Labute approximate surface area is 91.7 Å². The summed E-state index contributed by atoms with van der Waals surface area (Å²) in [6.45, 7) is 5.02. The van der Waals surface area contributed by atoms with Gasteiger partial charge >= 0.3 is 0 Å². The van der Waals surface area contributed by atoms with Crippen molar-refractivity contribution in [2.75, 3.05) is 6.61 Å². The molecule has 0 aromatic rings. The Bertz CT molecular complexity index is 256. The van der Waals surface area contributed by atoms with Gasteiger partial charge in [-0.3, -0.25) is 4.79 Å². The zero-order chi connectivity index (χ0) is 11.3. The van der Waals surface area contributed by atoms with Crippen LogP contribution in [0.4, 0.5) is 0 Å². The van der Waals surface area contributed by atoms with E-state index in [1.165, 1.54) is 0 Å². The minimum Gasteiger partial charge on any atom is -0.497 e. The summed E-state index contributed by atoms with van der Waals surface area (Å²) in [6.07, 6.45) is 4.83. The van der Waals surface area contributed by atoms with E-state index in [9.17, 15) is 4.79 Å². The van der Waals surface area contributed by atoms with Crippen LogP contribution in [0.25, 0.3) is 0 Å². The first-order chi connectivity index (χ1) is 7.11. The summed E-state index contributed by atoms with van der Waals surface area (Å²) in [5.74, 6) is 1.16. The molecule has 0 spiro atoms. The SMILES string of the molecule is CC(C)CCOC1=C(C(N)=O)CCCC1. The summed E-state index contributed by atoms with van der Waals surface area (Å²) >= 11 is 0. The minimum atomic E-state index is -0.311. The second-order valence-electron chi connectivity index (χ2n) is 4.50. The lowest BCUT2D eigenvalue weighted by Crippen LogP contribution is -2.19. The van der Waals surface area contributed by atoms with Gasteiger partial charge in [0.2, 0.25) is 5.91 Å². The first-order valence-corrected chi connectivity index (χ1v) is 5.76. The molecular weight excluding hydrogens is 190 g/mol. The quantitative estimate of drug-likeness (QED) is 0.759. The Morgan fingerprint density at radius 3 is 2.67 bits per heavy atom. The Morgan fingerprint density at radius 2 is 2.07 bits per heavy atom. The number of carbonyl (C=O) groups is 1. The van der Waals surface area contributed by atoms with Crippen LogP contribution in [0.1, 0.15) is 46.0 Å².